The van der Waals surface area contributed by atoms with Gasteiger partial charge < -0.3 is 23.9 Å². The lowest BCUT2D eigenvalue weighted by Crippen LogP contribution is -2.48. The molecule has 0 spiro atoms. The summed E-state index contributed by atoms with van der Waals surface area (Å²) >= 11 is 8.21. The Bertz CT molecular complexity index is 1510. The minimum atomic E-state index is -1.33. The lowest BCUT2D eigenvalue weighted by Gasteiger charge is -2.36. The molecule has 0 radical (unpaired) electrons. The summed E-state index contributed by atoms with van der Waals surface area (Å²) in [5.41, 5.74) is 3.31. The number of esters is 2. The molecule has 1 atom stereocenters. The molecule has 1 saturated heterocycles. The monoisotopic (exact) mass is 659 g/mol. The average Bonchev–Trinajstić information content (AvgIpc) is 3.30. The van der Waals surface area contributed by atoms with Crippen molar-refractivity contribution in [3.8, 4) is 11.5 Å². The number of carbonyl (C=O) groups excluding carboxylic acids is 2. The molecule has 1 N–H and O–H groups in total. The quantitative estimate of drug-likeness (QED) is 0.125. The Morgan fingerprint density at radius 3 is 2.41 bits per heavy atom. The predicted molar refractivity (Wildman–Crippen MR) is 156 cm³/mol. The molecule has 1 aliphatic rings. The summed E-state index contributed by atoms with van der Waals surface area (Å²) in [4.78, 5) is 29.9. The van der Waals surface area contributed by atoms with Gasteiger partial charge in [-0.2, -0.15) is 0 Å². The van der Waals surface area contributed by atoms with E-state index < -0.39 is 29.6 Å². The molecule has 39 heavy (non-hydrogen) atoms. The van der Waals surface area contributed by atoms with Crippen LogP contribution in [0, 0.1) is 9.49 Å². The van der Waals surface area contributed by atoms with Gasteiger partial charge in [0.2, 0.25) is 0 Å². The van der Waals surface area contributed by atoms with Gasteiger partial charge in [-0.25, -0.2) is 0 Å². The van der Waals surface area contributed by atoms with Gasteiger partial charge in [-0.3, -0.25) is 9.59 Å². The van der Waals surface area contributed by atoms with Crippen molar-refractivity contribution in [2.24, 2.45) is 5.92 Å². The first-order chi connectivity index (χ1) is 18.7. The molecule has 0 bridgehead atoms. The Balaban J connectivity index is 1.60. The number of carbonyl (C=O) groups is 2. The first-order valence-corrected chi connectivity index (χ1v) is 14.0. The topological polar surface area (TPSA) is 86.9 Å². The van der Waals surface area contributed by atoms with Gasteiger partial charge in [-0.1, -0.05) is 41.9 Å². The van der Waals surface area contributed by atoms with Crippen molar-refractivity contribution in [1.29, 1.82) is 0 Å². The molecule has 4 aromatic rings. The van der Waals surface area contributed by atoms with E-state index in [0.717, 1.165) is 25.6 Å². The Hall–Kier alpha value is -3.24. The number of aromatic nitrogens is 1. The zero-order chi connectivity index (χ0) is 27.7. The fourth-order valence-electron chi connectivity index (χ4n) is 4.81. The van der Waals surface area contributed by atoms with E-state index in [1.54, 1.807) is 13.8 Å². The Labute approximate surface area is 244 Å². The van der Waals surface area contributed by atoms with Crippen LogP contribution in [0.5, 0.6) is 11.5 Å². The van der Waals surface area contributed by atoms with Crippen molar-refractivity contribution in [1.82, 2.24) is 4.98 Å². The van der Waals surface area contributed by atoms with E-state index in [0.29, 0.717) is 35.3 Å². The number of rotatable bonds is 8. The van der Waals surface area contributed by atoms with Crippen molar-refractivity contribution in [3.63, 3.8) is 0 Å². The van der Waals surface area contributed by atoms with E-state index in [4.69, 9.17) is 30.5 Å². The highest BCUT2D eigenvalue weighted by Crippen LogP contribution is 2.44. The molecule has 2 heterocycles. The number of hydrogen-bond acceptors (Lipinski definition) is 6. The summed E-state index contributed by atoms with van der Waals surface area (Å²) in [6.45, 7) is 5.69. The van der Waals surface area contributed by atoms with Crippen LogP contribution in [0.1, 0.15) is 43.4 Å². The van der Waals surface area contributed by atoms with Crippen molar-refractivity contribution in [2.45, 2.75) is 39.1 Å². The van der Waals surface area contributed by atoms with Crippen molar-refractivity contribution < 1.29 is 28.5 Å². The zero-order valence-electron chi connectivity index (χ0n) is 21.6. The summed E-state index contributed by atoms with van der Waals surface area (Å²) in [5.74, 6) is -3.43. The van der Waals surface area contributed by atoms with Crippen molar-refractivity contribution in [3.05, 3.63) is 92.1 Å². The van der Waals surface area contributed by atoms with Crippen LogP contribution in [0.15, 0.2) is 66.9 Å². The predicted octanol–water partition coefficient (Wildman–Crippen LogP) is 6.99. The second kappa shape index (κ2) is 11.1. The highest BCUT2D eigenvalue weighted by Gasteiger charge is 2.49. The van der Waals surface area contributed by atoms with E-state index in [1.807, 2.05) is 73.8 Å². The lowest BCUT2D eigenvalue weighted by atomic mass is 9.80. The molecule has 0 amide bonds. The second-order valence-electron chi connectivity index (χ2n) is 9.67. The number of benzene rings is 3. The number of H-pyrrole nitrogens is 1. The molecular weight excluding hydrogens is 633 g/mol. The number of nitrogens with one attached hydrogen (secondary N) is 1. The summed E-state index contributed by atoms with van der Waals surface area (Å²) in [6.07, 6.45) is 1.83. The number of cyclic esters (lactones) is 2. The number of halogens is 2. The maximum Gasteiger partial charge on any atom is 0.324 e. The van der Waals surface area contributed by atoms with Gasteiger partial charge in [0.05, 0.1) is 10.2 Å². The van der Waals surface area contributed by atoms with Crippen LogP contribution in [0.3, 0.4) is 0 Å². The SMILES string of the molecule is CCOc1cc([C@@H](c2c[nH]c3ccccc23)C2C(=O)OC(C)(C)OC2=O)cc(I)c1OCc1ccc(Cl)cc1. The summed E-state index contributed by atoms with van der Waals surface area (Å²) < 4.78 is 24.0. The zero-order valence-corrected chi connectivity index (χ0v) is 24.5. The minimum absolute atomic E-state index is 0.314. The van der Waals surface area contributed by atoms with E-state index >= 15 is 0 Å². The third kappa shape index (κ3) is 5.72. The number of aromatic amines is 1. The number of ether oxygens (including phenoxy) is 4. The molecule has 202 valence electrons. The van der Waals surface area contributed by atoms with Crippen LogP contribution >= 0.6 is 34.2 Å². The molecule has 3 aromatic carbocycles. The Morgan fingerprint density at radius 1 is 1.03 bits per heavy atom. The van der Waals surface area contributed by atoms with Gasteiger partial charge in [0.1, 0.15) is 6.61 Å². The summed E-state index contributed by atoms with van der Waals surface area (Å²) in [7, 11) is 0. The third-order valence-electron chi connectivity index (χ3n) is 6.48. The number of hydrogen-bond donors (Lipinski definition) is 1. The van der Waals surface area contributed by atoms with E-state index in [9.17, 15) is 9.59 Å². The van der Waals surface area contributed by atoms with Gasteiger partial charge in [0.25, 0.3) is 5.79 Å². The highest BCUT2D eigenvalue weighted by molar-refractivity contribution is 14.1. The van der Waals surface area contributed by atoms with Crippen LogP contribution in [-0.2, 0) is 25.7 Å². The third-order valence-corrected chi connectivity index (χ3v) is 7.53. The average molecular weight is 660 g/mol. The van der Waals surface area contributed by atoms with Crippen LogP contribution in [0.25, 0.3) is 10.9 Å². The number of para-hydroxylation sites is 1. The second-order valence-corrected chi connectivity index (χ2v) is 11.3. The van der Waals surface area contributed by atoms with E-state index in [1.165, 1.54) is 0 Å². The maximum atomic E-state index is 13.3. The number of fused-ring (bicyclic) bond motifs is 1. The first kappa shape index (κ1) is 27.3. The fraction of sp³-hybridized carbons (Fsp3) is 0.267. The van der Waals surface area contributed by atoms with Gasteiger partial charge in [0.15, 0.2) is 17.4 Å². The molecule has 0 unspecified atom stereocenters. The van der Waals surface area contributed by atoms with Gasteiger partial charge in [-0.05, 0) is 76.5 Å². The van der Waals surface area contributed by atoms with Gasteiger partial charge in [-0.15, -0.1) is 0 Å². The largest absolute Gasteiger partial charge is 0.490 e. The lowest BCUT2D eigenvalue weighted by molar-refractivity contribution is -0.240. The summed E-state index contributed by atoms with van der Waals surface area (Å²) in [6, 6.07) is 18.9. The first-order valence-electron chi connectivity index (χ1n) is 12.5. The Morgan fingerprint density at radius 2 is 1.72 bits per heavy atom. The molecule has 1 aliphatic heterocycles. The Kier molecular flexibility index (Phi) is 7.77. The normalized spacial score (nSPS) is 16.0. The summed E-state index contributed by atoms with van der Waals surface area (Å²) in [5, 5.41) is 1.54. The minimum Gasteiger partial charge on any atom is -0.490 e. The van der Waals surface area contributed by atoms with E-state index in [2.05, 4.69) is 27.6 Å². The molecular formula is C30H27ClINO6. The fourth-order valence-corrected chi connectivity index (χ4v) is 5.72. The smallest absolute Gasteiger partial charge is 0.324 e. The standard InChI is InChI=1S/C30H27ClINO6/c1-4-36-24-14-18(13-22(32)27(24)37-16-17-9-11-19(31)12-10-17)25(21-15-33-23-8-6-5-7-20(21)23)26-28(34)38-30(2,3)39-29(26)35/h5-15,25-26,33H,4,16H2,1-3H3/t25-/m0/s1. The molecule has 7 nitrogen and oxygen atoms in total. The van der Waals surface area contributed by atoms with Crippen LogP contribution in [0.2, 0.25) is 5.02 Å². The molecule has 5 rings (SSSR count). The van der Waals surface area contributed by atoms with Crippen LogP contribution in [-0.4, -0.2) is 29.3 Å². The maximum absolute atomic E-state index is 13.3. The molecule has 0 saturated carbocycles. The van der Waals surface area contributed by atoms with Crippen molar-refractivity contribution in [2.75, 3.05) is 6.61 Å². The highest BCUT2D eigenvalue weighted by atomic mass is 127. The molecule has 9 heteroatoms. The molecule has 1 fully saturated rings. The van der Waals surface area contributed by atoms with Crippen LogP contribution < -0.4 is 9.47 Å². The van der Waals surface area contributed by atoms with Crippen LogP contribution in [0.4, 0.5) is 0 Å². The van der Waals surface area contributed by atoms with Gasteiger partial charge >= 0.3 is 11.9 Å². The van der Waals surface area contributed by atoms with E-state index in [-0.39, 0.29) is 0 Å². The van der Waals surface area contributed by atoms with Crippen molar-refractivity contribution >= 4 is 57.0 Å². The van der Waals surface area contributed by atoms with Gasteiger partial charge in [0, 0.05) is 41.9 Å². The molecule has 0 aliphatic carbocycles. The molecule has 1 aromatic heterocycles.